The highest BCUT2D eigenvalue weighted by molar-refractivity contribution is 5.41. The van der Waals surface area contributed by atoms with Gasteiger partial charge in [-0.1, -0.05) is 24.3 Å². The summed E-state index contributed by atoms with van der Waals surface area (Å²) >= 11 is 0. The van der Waals surface area contributed by atoms with E-state index in [1.807, 2.05) is 19.1 Å². The standard InChI is InChI=1S/C16H17NO4/c1-11-7-8-14(12(2)18)16(9-11)21-10-13-5-3-4-6-15(13)17(19)20/h3-9,12,18H,10H2,1-2H3/t12-/m1/s1. The molecule has 0 aromatic heterocycles. The Labute approximate surface area is 123 Å². The molecule has 0 aliphatic carbocycles. The predicted molar refractivity (Wildman–Crippen MR) is 79.2 cm³/mol. The molecule has 2 aromatic rings. The lowest BCUT2D eigenvalue weighted by Gasteiger charge is -2.14. The van der Waals surface area contributed by atoms with Crippen molar-refractivity contribution in [2.45, 2.75) is 26.6 Å². The van der Waals surface area contributed by atoms with Crippen molar-refractivity contribution in [3.05, 3.63) is 69.3 Å². The first kappa shape index (κ1) is 15.0. The Kier molecular flexibility index (Phi) is 4.55. The molecule has 21 heavy (non-hydrogen) atoms. The van der Waals surface area contributed by atoms with Gasteiger partial charge in [0.2, 0.25) is 0 Å². The van der Waals surface area contributed by atoms with Gasteiger partial charge in [0.15, 0.2) is 0 Å². The van der Waals surface area contributed by atoms with E-state index in [4.69, 9.17) is 4.74 Å². The van der Waals surface area contributed by atoms with Gasteiger partial charge in [0.05, 0.1) is 16.6 Å². The van der Waals surface area contributed by atoms with E-state index in [1.54, 1.807) is 31.2 Å². The lowest BCUT2D eigenvalue weighted by molar-refractivity contribution is -0.385. The van der Waals surface area contributed by atoms with Crippen LogP contribution in [-0.2, 0) is 6.61 Å². The fourth-order valence-corrected chi connectivity index (χ4v) is 2.08. The van der Waals surface area contributed by atoms with E-state index >= 15 is 0 Å². The van der Waals surface area contributed by atoms with Crippen LogP contribution in [0, 0.1) is 17.0 Å². The summed E-state index contributed by atoms with van der Waals surface area (Å²) in [4.78, 5) is 10.5. The summed E-state index contributed by atoms with van der Waals surface area (Å²) in [5.41, 5.74) is 2.19. The monoisotopic (exact) mass is 287 g/mol. The molecule has 0 fully saturated rings. The molecule has 0 aliphatic heterocycles. The number of nitro groups is 1. The van der Waals surface area contributed by atoms with E-state index in [-0.39, 0.29) is 12.3 Å². The third kappa shape index (κ3) is 3.58. The van der Waals surface area contributed by atoms with Crippen molar-refractivity contribution in [3.8, 4) is 5.75 Å². The van der Waals surface area contributed by atoms with Crippen LogP contribution in [-0.4, -0.2) is 10.0 Å². The van der Waals surface area contributed by atoms with Crippen LogP contribution in [0.25, 0.3) is 0 Å². The minimum absolute atomic E-state index is 0.0313. The molecule has 2 aromatic carbocycles. The smallest absolute Gasteiger partial charge is 0.276 e. The molecule has 5 heteroatoms. The molecule has 0 heterocycles. The number of ether oxygens (including phenoxy) is 1. The third-order valence-electron chi connectivity index (χ3n) is 3.19. The highest BCUT2D eigenvalue weighted by atomic mass is 16.6. The number of hydrogen-bond donors (Lipinski definition) is 1. The SMILES string of the molecule is Cc1ccc([C@@H](C)O)c(OCc2ccccc2[N+](=O)[O-])c1. The number of aliphatic hydroxyl groups is 1. The quantitative estimate of drug-likeness (QED) is 0.674. The van der Waals surface area contributed by atoms with Crippen LogP contribution >= 0.6 is 0 Å². The fraction of sp³-hybridized carbons (Fsp3) is 0.250. The second-order valence-corrected chi connectivity index (χ2v) is 4.89. The molecule has 5 nitrogen and oxygen atoms in total. The van der Waals surface area contributed by atoms with Crippen molar-refractivity contribution < 1.29 is 14.8 Å². The van der Waals surface area contributed by atoms with Crippen LogP contribution in [0.15, 0.2) is 42.5 Å². The van der Waals surface area contributed by atoms with Gasteiger partial charge in [-0.05, 0) is 31.5 Å². The number of nitrogens with zero attached hydrogens (tertiary/aromatic N) is 1. The van der Waals surface area contributed by atoms with Crippen molar-refractivity contribution >= 4 is 5.69 Å². The molecule has 0 bridgehead atoms. The van der Waals surface area contributed by atoms with Crippen LogP contribution in [0.1, 0.15) is 29.7 Å². The Morgan fingerprint density at radius 1 is 1.29 bits per heavy atom. The Balaban J connectivity index is 2.24. The molecule has 0 radical (unpaired) electrons. The van der Waals surface area contributed by atoms with Crippen molar-refractivity contribution in [1.29, 1.82) is 0 Å². The summed E-state index contributed by atoms with van der Waals surface area (Å²) in [6.45, 7) is 3.66. The lowest BCUT2D eigenvalue weighted by Crippen LogP contribution is -2.03. The number of para-hydroxylation sites is 1. The first-order chi connectivity index (χ1) is 9.99. The molecule has 0 saturated heterocycles. The minimum Gasteiger partial charge on any atom is -0.488 e. The van der Waals surface area contributed by atoms with Crippen LogP contribution < -0.4 is 4.74 Å². The Morgan fingerprint density at radius 2 is 2.00 bits per heavy atom. The number of aliphatic hydroxyl groups excluding tert-OH is 1. The van der Waals surface area contributed by atoms with Gasteiger partial charge in [-0.2, -0.15) is 0 Å². The van der Waals surface area contributed by atoms with Crippen molar-refractivity contribution in [2.75, 3.05) is 0 Å². The molecule has 0 spiro atoms. The molecular formula is C16H17NO4. The largest absolute Gasteiger partial charge is 0.488 e. The topological polar surface area (TPSA) is 72.6 Å². The zero-order chi connectivity index (χ0) is 15.4. The zero-order valence-electron chi connectivity index (χ0n) is 11.9. The molecule has 0 amide bonds. The molecule has 110 valence electrons. The Hall–Kier alpha value is -2.40. The van der Waals surface area contributed by atoms with Gasteiger partial charge in [0, 0.05) is 11.6 Å². The van der Waals surface area contributed by atoms with Gasteiger partial charge in [0.1, 0.15) is 12.4 Å². The molecular weight excluding hydrogens is 270 g/mol. The predicted octanol–water partition coefficient (Wildman–Crippen LogP) is 3.54. The summed E-state index contributed by atoms with van der Waals surface area (Å²) in [6.07, 6.45) is -0.661. The maximum Gasteiger partial charge on any atom is 0.276 e. The van der Waals surface area contributed by atoms with Gasteiger partial charge in [-0.15, -0.1) is 0 Å². The average molecular weight is 287 g/mol. The average Bonchev–Trinajstić information content (AvgIpc) is 2.45. The van der Waals surface area contributed by atoms with Crippen LogP contribution in [0.5, 0.6) is 5.75 Å². The lowest BCUT2D eigenvalue weighted by atomic mass is 10.1. The zero-order valence-corrected chi connectivity index (χ0v) is 11.9. The van der Waals surface area contributed by atoms with Crippen LogP contribution in [0.4, 0.5) is 5.69 Å². The summed E-state index contributed by atoms with van der Waals surface area (Å²) in [5, 5.41) is 20.7. The summed E-state index contributed by atoms with van der Waals surface area (Å²) < 4.78 is 5.69. The van der Waals surface area contributed by atoms with E-state index in [1.165, 1.54) is 6.07 Å². The van der Waals surface area contributed by atoms with Gasteiger partial charge >= 0.3 is 0 Å². The Bertz CT molecular complexity index is 652. The normalized spacial score (nSPS) is 12.0. The van der Waals surface area contributed by atoms with Gasteiger partial charge in [-0.3, -0.25) is 10.1 Å². The third-order valence-corrected chi connectivity index (χ3v) is 3.19. The fourth-order valence-electron chi connectivity index (χ4n) is 2.08. The Morgan fingerprint density at radius 3 is 2.67 bits per heavy atom. The van der Waals surface area contributed by atoms with Crippen molar-refractivity contribution in [3.63, 3.8) is 0 Å². The number of nitro benzene ring substituents is 1. The molecule has 0 aliphatic rings. The first-order valence-electron chi connectivity index (χ1n) is 6.62. The molecule has 1 N–H and O–H groups in total. The van der Waals surface area contributed by atoms with E-state index < -0.39 is 11.0 Å². The summed E-state index contributed by atoms with van der Waals surface area (Å²) in [6, 6.07) is 12.0. The molecule has 0 unspecified atom stereocenters. The van der Waals surface area contributed by atoms with E-state index in [0.717, 1.165) is 5.56 Å². The van der Waals surface area contributed by atoms with Crippen LogP contribution in [0.3, 0.4) is 0 Å². The maximum absolute atomic E-state index is 11.0. The van der Waals surface area contributed by atoms with E-state index in [2.05, 4.69) is 0 Å². The maximum atomic E-state index is 11.0. The number of benzene rings is 2. The summed E-state index contributed by atoms with van der Waals surface area (Å²) in [7, 11) is 0. The van der Waals surface area contributed by atoms with Gasteiger partial charge in [0.25, 0.3) is 5.69 Å². The second kappa shape index (κ2) is 6.37. The number of hydrogen-bond acceptors (Lipinski definition) is 4. The van der Waals surface area contributed by atoms with Crippen LogP contribution in [0.2, 0.25) is 0 Å². The van der Waals surface area contributed by atoms with Crippen molar-refractivity contribution in [2.24, 2.45) is 0 Å². The van der Waals surface area contributed by atoms with Crippen molar-refractivity contribution in [1.82, 2.24) is 0 Å². The molecule has 1 atom stereocenters. The van der Waals surface area contributed by atoms with Gasteiger partial charge in [-0.25, -0.2) is 0 Å². The number of aryl methyl sites for hydroxylation is 1. The highest BCUT2D eigenvalue weighted by Gasteiger charge is 2.14. The van der Waals surface area contributed by atoms with E-state index in [9.17, 15) is 15.2 Å². The molecule has 2 rings (SSSR count). The summed E-state index contributed by atoms with van der Waals surface area (Å²) in [5.74, 6) is 0.545. The highest BCUT2D eigenvalue weighted by Crippen LogP contribution is 2.28. The first-order valence-corrected chi connectivity index (χ1v) is 6.62. The number of rotatable bonds is 5. The molecule has 0 saturated carbocycles. The van der Waals surface area contributed by atoms with E-state index in [0.29, 0.717) is 16.9 Å². The second-order valence-electron chi connectivity index (χ2n) is 4.89. The van der Waals surface area contributed by atoms with Gasteiger partial charge < -0.3 is 9.84 Å². The minimum atomic E-state index is -0.661.